The molecule has 0 heterocycles. The van der Waals surface area contributed by atoms with Gasteiger partial charge in [-0.2, -0.15) is 0 Å². The lowest BCUT2D eigenvalue weighted by atomic mass is 9.92. The van der Waals surface area contributed by atoms with Gasteiger partial charge in [0.25, 0.3) is 0 Å². The molecular weight excluding hydrogens is 267 g/mol. The Balaban J connectivity index is 0.00000144. The van der Waals surface area contributed by atoms with Crippen molar-refractivity contribution in [3.05, 3.63) is 34.4 Å². The molecule has 1 aromatic rings. The summed E-state index contributed by atoms with van der Waals surface area (Å²) in [5.41, 5.74) is 5.88. The highest BCUT2D eigenvalue weighted by atomic mass is 35.5. The van der Waals surface area contributed by atoms with E-state index >= 15 is 0 Å². The van der Waals surface area contributed by atoms with Crippen molar-refractivity contribution >= 4 is 24.0 Å². The first-order valence-electron chi connectivity index (χ1n) is 5.50. The Kier molecular flexibility index (Phi) is 5.17. The van der Waals surface area contributed by atoms with Gasteiger partial charge in [-0.25, -0.2) is 8.78 Å². The number of benzene rings is 1. The topological polar surface area (TPSA) is 26.0 Å². The Hall–Kier alpha value is -0.380. The molecule has 1 atom stereocenters. The van der Waals surface area contributed by atoms with Gasteiger partial charge in [-0.1, -0.05) is 24.4 Å². The van der Waals surface area contributed by atoms with E-state index in [1.54, 1.807) is 0 Å². The van der Waals surface area contributed by atoms with Gasteiger partial charge in [0.15, 0.2) is 0 Å². The fourth-order valence-corrected chi connectivity index (χ4v) is 2.57. The molecule has 0 aromatic heterocycles. The summed E-state index contributed by atoms with van der Waals surface area (Å²) in [4.78, 5) is 0. The summed E-state index contributed by atoms with van der Waals surface area (Å²) < 4.78 is 27.3. The van der Waals surface area contributed by atoms with Gasteiger partial charge in [-0.3, -0.25) is 0 Å². The third kappa shape index (κ3) is 2.90. The SMILES string of the molecule is Cl.N[C@H](c1c(F)ccc(Cl)c1F)C1CCCC1. The first-order chi connectivity index (χ1) is 7.61. The zero-order valence-electron chi connectivity index (χ0n) is 9.26. The van der Waals surface area contributed by atoms with Crippen LogP contribution < -0.4 is 5.73 Å². The molecule has 1 aliphatic rings. The third-order valence-corrected chi connectivity index (χ3v) is 3.61. The van der Waals surface area contributed by atoms with Crippen LogP contribution in [-0.4, -0.2) is 0 Å². The van der Waals surface area contributed by atoms with Gasteiger partial charge in [-0.05, 0) is 30.9 Å². The Morgan fingerprint density at radius 2 is 1.82 bits per heavy atom. The molecule has 17 heavy (non-hydrogen) atoms. The smallest absolute Gasteiger partial charge is 0.149 e. The molecule has 1 aromatic carbocycles. The van der Waals surface area contributed by atoms with Crippen molar-refractivity contribution in [3.63, 3.8) is 0 Å². The lowest BCUT2D eigenvalue weighted by Gasteiger charge is -2.20. The summed E-state index contributed by atoms with van der Waals surface area (Å²) in [6, 6.07) is 1.81. The molecule has 1 fully saturated rings. The zero-order chi connectivity index (χ0) is 11.7. The highest BCUT2D eigenvalue weighted by Crippen LogP contribution is 2.37. The second-order valence-corrected chi connectivity index (χ2v) is 4.73. The predicted molar refractivity (Wildman–Crippen MR) is 67.5 cm³/mol. The Labute approximate surface area is 111 Å². The zero-order valence-corrected chi connectivity index (χ0v) is 10.8. The van der Waals surface area contributed by atoms with Crippen LogP contribution in [0.25, 0.3) is 0 Å². The maximum atomic E-state index is 13.7. The molecule has 1 saturated carbocycles. The van der Waals surface area contributed by atoms with Crippen LogP contribution in [0.5, 0.6) is 0 Å². The number of nitrogens with two attached hydrogens (primary N) is 1. The number of halogens is 4. The average molecular weight is 282 g/mol. The van der Waals surface area contributed by atoms with Crippen molar-refractivity contribution in [2.45, 2.75) is 31.7 Å². The molecule has 0 amide bonds. The van der Waals surface area contributed by atoms with E-state index in [9.17, 15) is 8.78 Å². The van der Waals surface area contributed by atoms with Gasteiger partial charge < -0.3 is 5.73 Å². The van der Waals surface area contributed by atoms with Crippen LogP contribution in [0.2, 0.25) is 5.02 Å². The van der Waals surface area contributed by atoms with Crippen molar-refractivity contribution in [1.82, 2.24) is 0 Å². The van der Waals surface area contributed by atoms with E-state index < -0.39 is 17.7 Å². The van der Waals surface area contributed by atoms with E-state index in [1.807, 2.05) is 0 Å². The maximum Gasteiger partial charge on any atom is 0.149 e. The fraction of sp³-hybridized carbons (Fsp3) is 0.500. The van der Waals surface area contributed by atoms with Gasteiger partial charge in [0, 0.05) is 11.6 Å². The number of hydrogen-bond acceptors (Lipinski definition) is 1. The molecule has 1 nitrogen and oxygen atoms in total. The predicted octanol–water partition coefficient (Wildman–Crippen LogP) is 4.23. The van der Waals surface area contributed by atoms with Crippen LogP contribution in [0.4, 0.5) is 8.78 Å². The molecule has 0 unspecified atom stereocenters. The minimum absolute atomic E-state index is 0. The Bertz CT molecular complexity index is 392. The molecule has 96 valence electrons. The van der Waals surface area contributed by atoms with Crippen LogP contribution in [-0.2, 0) is 0 Å². The Morgan fingerprint density at radius 1 is 1.24 bits per heavy atom. The molecule has 0 aliphatic heterocycles. The van der Waals surface area contributed by atoms with Crippen molar-refractivity contribution in [1.29, 1.82) is 0 Å². The minimum Gasteiger partial charge on any atom is -0.324 e. The highest BCUT2D eigenvalue weighted by Gasteiger charge is 2.28. The van der Waals surface area contributed by atoms with Gasteiger partial charge in [0.1, 0.15) is 11.6 Å². The minimum atomic E-state index is -0.707. The lowest BCUT2D eigenvalue weighted by Crippen LogP contribution is -2.22. The molecule has 1 aliphatic carbocycles. The molecule has 0 radical (unpaired) electrons. The lowest BCUT2D eigenvalue weighted by molar-refractivity contribution is 0.410. The summed E-state index contributed by atoms with van der Waals surface area (Å²) in [5, 5.41) is -0.0650. The first-order valence-corrected chi connectivity index (χ1v) is 5.88. The number of rotatable bonds is 2. The average Bonchev–Trinajstić information content (AvgIpc) is 2.77. The summed E-state index contributed by atoms with van der Waals surface area (Å²) in [6.07, 6.45) is 4.05. The molecule has 2 N–H and O–H groups in total. The normalized spacial score (nSPS) is 17.9. The van der Waals surface area contributed by atoms with Crippen molar-refractivity contribution < 1.29 is 8.78 Å². The molecule has 2 rings (SSSR count). The van der Waals surface area contributed by atoms with E-state index in [4.69, 9.17) is 17.3 Å². The van der Waals surface area contributed by atoms with Crippen LogP contribution >= 0.6 is 24.0 Å². The molecule has 0 spiro atoms. The second-order valence-electron chi connectivity index (χ2n) is 4.33. The van der Waals surface area contributed by atoms with Gasteiger partial charge in [0.05, 0.1) is 5.02 Å². The van der Waals surface area contributed by atoms with Gasteiger partial charge in [-0.15, -0.1) is 12.4 Å². The van der Waals surface area contributed by atoms with Crippen LogP contribution in [0, 0.1) is 17.6 Å². The molecular formula is C12H15Cl2F2N. The molecule has 5 heteroatoms. The van der Waals surface area contributed by atoms with Crippen molar-refractivity contribution in [3.8, 4) is 0 Å². The summed E-state index contributed by atoms with van der Waals surface area (Å²) >= 11 is 5.64. The van der Waals surface area contributed by atoms with Crippen molar-refractivity contribution in [2.24, 2.45) is 11.7 Å². The summed E-state index contributed by atoms with van der Waals surface area (Å²) in [6.45, 7) is 0. The first kappa shape index (κ1) is 14.7. The Morgan fingerprint density at radius 3 is 2.41 bits per heavy atom. The third-order valence-electron chi connectivity index (χ3n) is 3.32. The van der Waals surface area contributed by atoms with Gasteiger partial charge >= 0.3 is 0 Å². The molecule has 0 bridgehead atoms. The van der Waals surface area contributed by atoms with E-state index in [-0.39, 0.29) is 28.9 Å². The quantitative estimate of drug-likeness (QED) is 0.807. The number of hydrogen-bond donors (Lipinski definition) is 1. The fourth-order valence-electron chi connectivity index (χ4n) is 2.40. The van der Waals surface area contributed by atoms with Crippen LogP contribution in [0.15, 0.2) is 12.1 Å². The monoisotopic (exact) mass is 281 g/mol. The summed E-state index contributed by atoms with van der Waals surface area (Å²) in [5.74, 6) is -1.13. The second kappa shape index (κ2) is 5.98. The standard InChI is InChI=1S/C12H14ClF2N.ClH/c13-8-5-6-9(14)10(11(8)15)12(16)7-3-1-2-4-7;/h5-7,12H,1-4,16H2;1H/t12-;/m0./s1. The van der Waals surface area contributed by atoms with Crippen LogP contribution in [0.1, 0.15) is 37.3 Å². The van der Waals surface area contributed by atoms with E-state index in [2.05, 4.69) is 0 Å². The molecule has 0 saturated heterocycles. The largest absolute Gasteiger partial charge is 0.324 e. The van der Waals surface area contributed by atoms with Crippen LogP contribution in [0.3, 0.4) is 0 Å². The van der Waals surface area contributed by atoms with Crippen molar-refractivity contribution in [2.75, 3.05) is 0 Å². The van der Waals surface area contributed by atoms with E-state index in [0.29, 0.717) is 0 Å². The van der Waals surface area contributed by atoms with E-state index in [0.717, 1.165) is 25.7 Å². The summed E-state index contributed by atoms with van der Waals surface area (Å²) in [7, 11) is 0. The van der Waals surface area contributed by atoms with Gasteiger partial charge in [0.2, 0.25) is 0 Å². The highest BCUT2D eigenvalue weighted by molar-refractivity contribution is 6.30. The van der Waals surface area contributed by atoms with E-state index in [1.165, 1.54) is 12.1 Å². The maximum absolute atomic E-state index is 13.7.